The minimum Gasteiger partial charge on any atom is -0.298 e. The first-order chi connectivity index (χ1) is 11.3. The zero-order valence-electron chi connectivity index (χ0n) is 13.4. The molecule has 1 saturated carbocycles. The smallest absolute Gasteiger partial charge is 0.181 e. The van der Waals surface area contributed by atoms with E-state index in [0.29, 0.717) is 25.9 Å². The van der Waals surface area contributed by atoms with Crippen molar-refractivity contribution in [1.29, 1.82) is 0 Å². The number of hydrogen-bond acceptors (Lipinski definition) is 5. The van der Waals surface area contributed by atoms with Gasteiger partial charge in [-0.3, -0.25) is 4.90 Å². The van der Waals surface area contributed by atoms with Gasteiger partial charge in [-0.05, 0) is 49.9 Å². The first-order valence-electron chi connectivity index (χ1n) is 8.22. The fourth-order valence-corrected chi connectivity index (χ4v) is 6.65. The van der Waals surface area contributed by atoms with E-state index in [2.05, 4.69) is 4.90 Å². The van der Waals surface area contributed by atoms with Crippen molar-refractivity contribution in [3.63, 3.8) is 0 Å². The second kappa shape index (κ2) is 6.72. The summed E-state index contributed by atoms with van der Waals surface area (Å²) in [7, 11) is -6.33. The van der Waals surface area contributed by atoms with Gasteiger partial charge < -0.3 is 0 Å². The van der Waals surface area contributed by atoms with Crippen LogP contribution < -0.4 is 0 Å². The van der Waals surface area contributed by atoms with Crippen LogP contribution in [-0.2, 0) is 19.7 Å². The molecule has 1 aromatic rings. The molecule has 1 saturated heterocycles. The molecule has 0 amide bonds. The Morgan fingerprint density at radius 2 is 1.50 bits per heavy atom. The molecule has 0 radical (unpaired) electrons. The molecule has 1 heterocycles. The lowest BCUT2D eigenvalue weighted by Crippen LogP contribution is -2.48. The maximum atomic E-state index is 13.0. The normalized spacial score (nSPS) is 28.5. The van der Waals surface area contributed by atoms with Crippen LogP contribution in [-0.4, -0.2) is 57.6 Å². The van der Waals surface area contributed by atoms with Gasteiger partial charge in [0.1, 0.15) is 5.82 Å². The Morgan fingerprint density at radius 3 is 2.04 bits per heavy atom. The van der Waals surface area contributed by atoms with E-state index < -0.39 is 30.7 Å². The Bertz CT molecular complexity index is 768. The van der Waals surface area contributed by atoms with Crippen molar-refractivity contribution >= 4 is 19.7 Å². The molecule has 1 aliphatic heterocycles. The van der Waals surface area contributed by atoms with Crippen LogP contribution in [0.25, 0.3) is 0 Å². The van der Waals surface area contributed by atoms with E-state index in [-0.39, 0.29) is 22.4 Å². The molecule has 0 N–H and O–H groups in total. The topological polar surface area (TPSA) is 71.5 Å². The Kier molecular flexibility index (Phi) is 4.99. The van der Waals surface area contributed by atoms with Crippen molar-refractivity contribution in [2.45, 2.75) is 41.9 Å². The number of hydrogen-bond donors (Lipinski definition) is 0. The van der Waals surface area contributed by atoms with Gasteiger partial charge in [0, 0.05) is 19.1 Å². The molecule has 2 fully saturated rings. The van der Waals surface area contributed by atoms with Gasteiger partial charge in [-0.1, -0.05) is 0 Å². The van der Waals surface area contributed by atoms with Gasteiger partial charge in [0.15, 0.2) is 19.7 Å². The van der Waals surface area contributed by atoms with Crippen molar-refractivity contribution in [1.82, 2.24) is 4.90 Å². The summed E-state index contributed by atoms with van der Waals surface area (Å²) in [5.74, 6) is -0.0561. The van der Waals surface area contributed by atoms with Crippen molar-refractivity contribution in [3.05, 3.63) is 30.1 Å². The maximum absolute atomic E-state index is 13.0. The molecule has 1 aliphatic carbocycles. The van der Waals surface area contributed by atoms with Gasteiger partial charge in [0.25, 0.3) is 0 Å². The summed E-state index contributed by atoms with van der Waals surface area (Å²) in [5.41, 5.74) is 0. The molecular formula is C16H22FNO4S2. The van der Waals surface area contributed by atoms with Crippen molar-refractivity contribution in [3.8, 4) is 0 Å². The highest BCUT2D eigenvalue weighted by Gasteiger charge is 2.35. The average molecular weight is 375 g/mol. The van der Waals surface area contributed by atoms with Crippen LogP contribution in [0.2, 0.25) is 0 Å². The van der Waals surface area contributed by atoms with Crippen molar-refractivity contribution in [2.24, 2.45) is 0 Å². The molecule has 3 rings (SSSR count). The Morgan fingerprint density at radius 1 is 0.958 bits per heavy atom. The lowest BCUT2D eigenvalue weighted by atomic mass is 9.93. The summed E-state index contributed by atoms with van der Waals surface area (Å²) in [5, 5.41) is -0.437. The Labute approximate surface area is 142 Å². The third-order valence-corrected chi connectivity index (χ3v) is 9.01. The van der Waals surface area contributed by atoms with E-state index in [4.69, 9.17) is 0 Å². The van der Waals surface area contributed by atoms with E-state index in [1.54, 1.807) is 0 Å². The molecule has 5 nitrogen and oxygen atoms in total. The lowest BCUT2D eigenvalue weighted by molar-refractivity contribution is 0.169. The second-order valence-electron chi connectivity index (χ2n) is 6.62. The molecule has 134 valence electrons. The third-order valence-electron chi connectivity index (χ3n) is 5.12. The summed E-state index contributed by atoms with van der Waals surface area (Å²) in [6.45, 7) is 1.09. The van der Waals surface area contributed by atoms with Crippen molar-refractivity contribution in [2.75, 3.05) is 24.6 Å². The molecule has 0 aromatic heterocycles. The average Bonchev–Trinajstić information content (AvgIpc) is 2.55. The van der Waals surface area contributed by atoms with Gasteiger partial charge in [-0.15, -0.1) is 0 Å². The zero-order valence-corrected chi connectivity index (χ0v) is 15.0. The van der Waals surface area contributed by atoms with Crippen molar-refractivity contribution < 1.29 is 21.2 Å². The third kappa shape index (κ3) is 3.81. The molecule has 0 spiro atoms. The molecule has 0 unspecified atom stereocenters. The molecule has 8 heteroatoms. The van der Waals surface area contributed by atoms with Gasteiger partial charge in [-0.2, -0.15) is 0 Å². The van der Waals surface area contributed by atoms with Crippen LogP contribution in [0.15, 0.2) is 29.2 Å². The monoisotopic (exact) mass is 375 g/mol. The van der Waals surface area contributed by atoms with Crippen LogP contribution in [0, 0.1) is 5.82 Å². The number of rotatable bonds is 3. The van der Waals surface area contributed by atoms with E-state index in [0.717, 1.165) is 12.8 Å². The number of nitrogens with zero attached hydrogens (tertiary/aromatic N) is 1. The first kappa shape index (κ1) is 17.8. The predicted octanol–water partition coefficient (Wildman–Crippen LogP) is 1.64. The molecule has 1 aromatic carbocycles. The maximum Gasteiger partial charge on any atom is 0.181 e. The summed E-state index contributed by atoms with van der Waals surface area (Å²) in [4.78, 5) is 2.36. The molecule has 2 aliphatic rings. The SMILES string of the molecule is O=S1(=O)CCN(C2CCC(S(=O)(=O)c3ccc(F)cc3)CC2)CC1. The van der Waals surface area contributed by atoms with E-state index in [1.807, 2.05) is 0 Å². The van der Waals surface area contributed by atoms with Crippen LogP contribution in [0.1, 0.15) is 25.7 Å². The standard InChI is InChI=1S/C16H22FNO4S2/c17-13-1-5-15(6-2-13)24(21,22)16-7-3-14(4-8-16)18-9-11-23(19,20)12-10-18/h1-2,5-6,14,16H,3-4,7-12H2. The minimum atomic E-state index is -3.43. The summed E-state index contributed by atoms with van der Waals surface area (Å²) < 4.78 is 61.3. The van der Waals surface area contributed by atoms with Crippen LogP contribution in [0.3, 0.4) is 0 Å². The largest absolute Gasteiger partial charge is 0.298 e. The van der Waals surface area contributed by atoms with Crippen LogP contribution in [0.5, 0.6) is 0 Å². The highest BCUT2D eigenvalue weighted by molar-refractivity contribution is 7.92. The van der Waals surface area contributed by atoms with Gasteiger partial charge >= 0.3 is 0 Å². The van der Waals surface area contributed by atoms with E-state index >= 15 is 0 Å². The van der Waals surface area contributed by atoms with Gasteiger partial charge in [0.05, 0.1) is 21.7 Å². The number of halogens is 1. The fourth-order valence-electron chi connectivity index (χ4n) is 3.63. The molecule has 0 atom stereocenters. The summed E-state index contributed by atoms with van der Waals surface area (Å²) >= 11 is 0. The fraction of sp³-hybridized carbons (Fsp3) is 0.625. The predicted molar refractivity (Wildman–Crippen MR) is 89.9 cm³/mol. The molecule has 0 bridgehead atoms. The highest BCUT2D eigenvalue weighted by Crippen LogP contribution is 2.31. The van der Waals surface area contributed by atoms with Crippen LogP contribution in [0.4, 0.5) is 4.39 Å². The van der Waals surface area contributed by atoms with Gasteiger partial charge in [-0.25, -0.2) is 21.2 Å². The van der Waals surface area contributed by atoms with Gasteiger partial charge in [0.2, 0.25) is 0 Å². The minimum absolute atomic E-state index is 0.177. The zero-order chi connectivity index (χ0) is 17.4. The summed E-state index contributed by atoms with van der Waals surface area (Å²) in [6, 6.07) is 5.26. The summed E-state index contributed by atoms with van der Waals surface area (Å²) in [6.07, 6.45) is 2.64. The highest BCUT2D eigenvalue weighted by atomic mass is 32.2. The first-order valence-corrected chi connectivity index (χ1v) is 11.6. The second-order valence-corrected chi connectivity index (χ2v) is 11.1. The number of sulfone groups is 2. The van der Waals surface area contributed by atoms with E-state index in [9.17, 15) is 21.2 Å². The Hall–Kier alpha value is -0.990. The lowest BCUT2D eigenvalue weighted by Gasteiger charge is -2.38. The number of benzene rings is 1. The molecule has 24 heavy (non-hydrogen) atoms. The van der Waals surface area contributed by atoms with Crippen LogP contribution >= 0.6 is 0 Å². The Balaban J connectivity index is 1.61. The molecular weight excluding hydrogens is 353 g/mol. The van der Waals surface area contributed by atoms with E-state index in [1.165, 1.54) is 24.3 Å². The quantitative estimate of drug-likeness (QED) is 0.751.